The summed E-state index contributed by atoms with van der Waals surface area (Å²) in [5.41, 5.74) is -2.62. The van der Waals surface area contributed by atoms with Gasteiger partial charge in [-0.15, -0.1) is 0 Å². The Morgan fingerprint density at radius 3 is 2.54 bits per heavy atom. The normalized spacial score (nSPS) is 12.4. The van der Waals surface area contributed by atoms with E-state index in [-0.39, 0.29) is 18.0 Å². The molecule has 1 atom stereocenters. The second kappa shape index (κ2) is 8.24. The Kier molecular flexibility index (Phi) is 6.22. The van der Waals surface area contributed by atoms with Crippen LogP contribution in [0.15, 0.2) is 35.1 Å². The largest absolute Gasteiger partial charge is 0.464 e. The molecule has 7 nitrogen and oxygen atoms in total. The van der Waals surface area contributed by atoms with Gasteiger partial charge in [0, 0.05) is 11.8 Å². The molecule has 1 aromatic heterocycles. The lowest BCUT2D eigenvalue weighted by Crippen LogP contribution is -2.42. The number of carbonyl (C=O) groups is 2. The van der Waals surface area contributed by atoms with E-state index in [0.717, 1.165) is 16.8 Å². The number of halogens is 3. The molecular weight excluding hydrogens is 379 g/mol. The second-order valence-corrected chi connectivity index (χ2v) is 5.87. The standard InChI is InChI=1S/C18H18F3N3O4/c1-4-28-17(27)11(3)22-16(26)15-14(25)9-10(2)24(23-15)13-8-6-5-7-12(13)18(19,20)21/h5-9,11H,4H2,1-3H3,(H,22,26). The van der Waals surface area contributed by atoms with Crippen molar-refractivity contribution in [1.29, 1.82) is 0 Å². The number of rotatable bonds is 5. The number of amides is 1. The van der Waals surface area contributed by atoms with E-state index in [0.29, 0.717) is 0 Å². The van der Waals surface area contributed by atoms with Gasteiger partial charge in [-0.1, -0.05) is 12.1 Å². The third-order valence-electron chi connectivity index (χ3n) is 3.75. The molecule has 28 heavy (non-hydrogen) atoms. The summed E-state index contributed by atoms with van der Waals surface area (Å²) in [6, 6.07) is 4.59. The summed E-state index contributed by atoms with van der Waals surface area (Å²) >= 11 is 0. The minimum absolute atomic E-state index is 0.100. The lowest BCUT2D eigenvalue weighted by Gasteiger charge is -2.17. The summed E-state index contributed by atoms with van der Waals surface area (Å²) in [5.74, 6) is -1.71. The zero-order valence-electron chi connectivity index (χ0n) is 15.3. The first kappa shape index (κ1) is 21.1. The smallest absolute Gasteiger partial charge is 0.418 e. The van der Waals surface area contributed by atoms with Gasteiger partial charge in [-0.3, -0.25) is 9.59 Å². The first-order valence-electron chi connectivity index (χ1n) is 8.31. The Hall–Kier alpha value is -3.17. The molecule has 2 aromatic rings. The fraction of sp³-hybridized carbons (Fsp3) is 0.333. The molecule has 150 valence electrons. The molecule has 0 saturated heterocycles. The number of benzene rings is 1. The Morgan fingerprint density at radius 2 is 1.93 bits per heavy atom. The highest BCUT2D eigenvalue weighted by Gasteiger charge is 2.34. The van der Waals surface area contributed by atoms with Crippen LogP contribution in [0, 0.1) is 6.92 Å². The number of hydrogen-bond donors (Lipinski definition) is 1. The van der Waals surface area contributed by atoms with E-state index in [2.05, 4.69) is 10.4 Å². The monoisotopic (exact) mass is 397 g/mol. The van der Waals surface area contributed by atoms with Crippen molar-refractivity contribution in [3.05, 3.63) is 57.5 Å². The zero-order valence-corrected chi connectivity index (χ0v) is 15.3. The number of aromatic nitrogens is 2. The average molecular weight is 397 g/mol. The fourth-order valence-electron chi connectivity index (χ4n) is 2.44. The summed E-state index contributed by atoms with van der Waals surface area (Å²) in [5, 5.41) is 6.07. The Bertz CT molecular complexity index is 954. The molecule has 1 aromatic carbocycles. The quantitative estimate of drug-likeness (QED) is 0.782. The van der Waals surface area contributed by atoms with E-state index in [9.17, 15) is 27.6 Å². The van der Waals surface area contributed by atoms with Crippen molar-refractivity contribution >= 4 is 11.9 Å². The van der Waals surface area contributed by atoms with E-state index < -0.39 is 40.8 Å². The highest BCUT2D eigenvalue weighted by atomic mass is 19.4. The van der Waals surface area contributed by atoms with Gasteiger partial charge in [0.2, 0.25) is 5.43 Å². The van der Waals surface area contributed by atoms with Crippen molar-refractivity contribution in [2.45, 2.75) is 33.0 Å². The van der Waals surface area contributed by atoms with Crippen LogP contribution < -0.4 is 10.7 Å². The minimum Gasteiger partial charge on any atom is -0.464 e. The highest BCUT2D eigenvalue weighted by molar-refractivity contribution is 5.94. The maximum absolute atomic E-state index is 13.3. The van der Waals surface area contributed by atoms with E-state index in [1.54, 1.807) is 6.92 Å². The van der Waals surface area contributed by atoms with Crippen LogP contribution in [0.2, 0.25) is 0 Å². The van der Waals surface area contributed by atoms with Gasteiger partial charge in [0.1, 0.15) is 6.04 Å². The topological polar surface area (TPSA) is 90.3 Å². The first-order chi connectivity index (χ1) is 13.1. The van der Waals surface area contributed by atoms with Crippen LogP contribution >= 0.6 is 0 Å². The molecule has 2 rings (SSSR count). The van der Waals surface area contributed by atoms with Gasteiger partial charge in [-0.25, -0.2) is 9.48 Å². The van der Waals surface area contributed by atoms with E-state index in [1.165, 1.54) is 32.0 Å². The van der Waals surface area contributed by atoms with Crippen LogP contribution in [0.1, 0.15) is 35.6 Å². The predicted octanol–water partition coefficient (Wildman–Crippen LogP) is 2.24. The van der Waals surface area contributed by atoms with Crippen LogP contribution in [0.5, 0.6) is 0 Å². The molecule has 1 amide bonds. The molecule has 1 heterocycles. The molecule has 0 saturated carbocycles. The molecule has 0 radical (unpaired) electrons. The Morgan fingerprint density at radius 1 is 1.29 bits per heavy atom. The Balaban J connectivity index is 2.48. The van der Waals surface area contributed by atoms with Gasteiger partial charge in [0.15, 0.2) is 5.69 Å². The van der Waals surface area contributed by atoms with Crippen molar-refractivity contribution in [3.8, 4) is 5.69 Å². The van der Waals surface area contributed by atoms with Crippen LogP contribution in [0.3, 0.4) is 0 Å². The van der Waals surface area contributed by atoms with E-state index in [4.69, 9.17) is 4.74 Å². The molecule has 0 fully saturated rings. The number of carbonyl (C=O) groups excluding carboxylic acids is 2. The fourth-order valence-corrected chi connectivity index (χ4v) is 2.44. The number of nitrogens with zero attached hydrogens (tertiary/aromatic N) is 2. The van der Waals surface area contributed by atoms with E-state index in [1.807, 2.05) is 0 Å². The molecule has 1 unspecified atom stereocenters. The van der Waals surface area contributed by atoms with Crippen LogP contribution in [0.25, 0.3) is 5.69 Å². The predicted molar refractivity (Wildman–Crippen MR) is 93.1 cm³/mol. The molecule has 0 aliphatic rings. The minimum atomic E-state index is -4.66. The van der Waals surface area contributed by atoms with Crippen molar-refractivity contribution in [1.82, 2.24) is 15.1 Å². The molecule has 10 heteroatoms. The summed E-state index contributed by atoms with van der Waals surface area (Å²) in [6.45, 7) is 4.43. The van der Waals surface area contributed by atoms with Crippen molar-refractivity contribution in [3.63, 3.8) is 0 Å². The summed E-state index contributed by atoms with van der Waals surface area (Å²) in [6.07, 6.45) is -4.66. The number of nitrogens with one attached hydrogen (secondary N) is 1. The van der Waals surface area contributed by atoms with Crippen LogP contribution in [-0.2, 0) is 15.7 Å². The number of para-hydroxylation sites is 1. The molecule has 0 aliphatic carbocycles. The van der Waals surface area contributed by atoms with Crippen molar-refractivity contribution in [2.75, 3.05) is 6.61 Å². The average Bonchev–Trinajstić information content (AvgIpc) is 2.61. The van der Waals surface area contributed by atoms with Gasteiger partial charge in [0.05, 0.1) is 17.9 Å². The van der Waals surface area contributed by atoms with Crippen LogP contribution in [-0.4, -0.2) is 34.3 Å². The lowest BCUT2D eigenvalue weighted by molar-refractivity contribution is -0.145. The summed E-state index contributed by atoms with van der Waals surface area (Å²) in [4.78, 5) is 36.1. The molecule has 0 bridgehead atoms. The molecule has 1 N–H and O–H groups in total. The summed E-state index contributed by atoms with van der Waals surface area (Å²) < 4.78 is 45.5. The summed E-state index contributed by atoms with van der Waals surface area (Å²) in [7, 11) is 0. The third kappa shape index (κ3) is 4.56. The van der Waals surface area contributed by atoms with Crippen LogP contribution in [0.4, 0.5) is 13.2 Å². The zero-order chi connectivity index (χ0) is 21.1. The van der Waals surface area contributed by atoms with Gasteiger partial charge in [-0.2, -0.15) is 18.3 Å². The van der Waals surface area contributed by atoms with Crippen molar-refractivity contribution < 1.29 is 27.5 Å². The van der Waals surface area contributed by atoms with Crippen molar-refractivity contribution in [2.24, 2.45) is 0 Å². The van der Waals surface area contributed by atoms with Gasteiger partial charge < -0.3 is 10.1 Å². The number of ether oxygens (including phenoxy) is 1. The molecule has 0 spiro atoms. The molecular formula is C18H18F3N3O4. The number of aryl methyl sites for hydroxylation is 1. The Labute approximate surface area is 158 Å². The van der Waals surface area contributed by atoms with E-state index >= 15 is 0 Å². The maximum atomic E-state index is 13.3. The third-order valence-corrected chi connectivity index (χ3v) is 3.75. The SMILES string of the molecule is CCOC(=O)C(C)NC(=O)c1nn(-c2ccccc2C(F)(F)F)c(C)cc1=O. The lowest BCUT2D eigenvalue weighted by atomic mass is 10.1. The number of esters is 1. The maximum Gasteiger partial charge on any atom is 0.418 e. The highest BCUT2D eigenvalue weighted by Crippen LogP contribution is 2.33. The molecule has 0 aliphatic heterocycles. The van der Waals surface area contributed by atoms with Gasteiger partial charge in [0.25, 0.3) is 5.91 Å². The number of hydrogen-bond acceptors (Lipinski definition) is 5. The van der Waals surface area contributed by atoms with Gasteiger partial charge >= 0.3 is 12.1 Å². The van der Waals surface area contributed by atoms with Gasteiger partial charge in [-0.05, 0) is 32.9 Å². The second-order valence-electron chi connectivity index (χ2n) is 5.87. The first-order valence-corrected chi connectivity index (χ1v) is 8.31. The number of alkyl halides is 3.